The highest BCUT2D eigenvalue weighted by atomic mass is 32.3. The van der Waals surface area contributed by atoms with E-state index < -0.39 is 53.1 Å². The number of aliphatic hydroxyl groups excluding tert-OH is 3. The standard InChI is InChI=1S/C25H26N4O9S3/c26-20-5-21(39(28(33)34)9-14(31)10-39)17-3-4-18-22(40(29(35)36)11-15(32)12-40)6-23(41(37,38)27-7-13(30)8-27)19-2-1-16(20)24(17)25(18)19/h1-6,13-15,30-32H,7-12,26H2. The average molecular weight is 623 g/mol. The summed E-state index contributed by atoms with van der Waals surface area (Å²) in [4.78, 5) is 25.3. The van der Waals surface area contributed by atoms with Gasteiger partial charge in [-0.15, -0.1) is 0 Å². The topological polar surface area (TPSA) is 210 Å². The molecule has 0 saturated carbocycles. The van der Waals surface area contributed by atoms with Gasteiger partial charge in [-0.05, 0) is 12.1 Å². The van der Waals surface area contributed by atoms with Crippen molar-refractivity contribution in [3.63, 3.8) is 0 Å². The molecule has 3 aliphatic heterocycles. The molecule has 3 heterocycles. The van der Waals surface area contributed by atoms with Gasteiger partial charge in [0, 0.05) is 51.1 Å². The second-order valence-corrected chi connectivity index (χ2v) is 19.1. The Labute approximate surface area is 236 Å². The summed E-state index contributed by atoms with van der Waals surface area (Å²) in [7, 11) is -9.75. The van der Waals surface area contributed by atoms with Crippen LogP contribution in [0.2, 0.25) is 0 Å². The van der Waals surface area contributed by atoms with E-state index in [0.29, 0.717) is 31.8 Å². The molecule has 4 aromatic carbocycles. The van der Waals surface area contributed by atoms with Crippen molar-refractivity contribution in [3.05, 3.63) is 56.6 Å². The Morgan fingerprint density at radius 1 is 0.756 bits per heavy atom. The van der Waals surface area contributed by atoms with E-state index in [1.807, 2.05) is 0 Å². The van der Waals surface area contributed by atoms with Crippen LogP contribution in [0.3, 0.4) is 0 Å². The number of aliphatic hydroxyl groups is 3. The molecular weight excluding hydrogens is 596 g/mol. The van der Waals surface area contributed by atoms with Crippen LogP contribution in [0.1, 0.15) is 0 Å². The lowest BCUT2D eigenvalue weighted by atomic mass is 9.93. The summed E-state index contributed by atoms with van der Waals surface area (Å²) in [6.07, 6.45) is -2.53. The van der Waals surface area contributed by atoms with Gasteiger partial charge in [-0.1, -0.05) is 24.3 Å². The van der Waals surface area contributed by atoms with Gasteiger partial charge >= 0.3 is 0 Å². The first-order chi connectivity index (χ1) is 19.3. The Morgan fingerprint density at radius 3 is 1.66 bits per heavy atom. The quantitative estimate of drug-likeness (QED) is 0.106. The molecule has 7 rings (SSSR count). The molecular formula is C25H26N4O9S3. The maximum Gasteiger partial charge on any atom is 0.243 e. The number of benzene rings is 4. The summed E-state index contributed by atoms with van der Waals surface area (Å²) >= 11 is 0. The molecule has 0 radical (unpaired) electrons. The zero-order chi connectivity index (χ0) is 29.2. The number of rotatable bonds is 6. The second-order valence-electron chi connectivity index (χ2n) is 11.0. The number of β-amino-alcohol motifs (C(OH)–C–C–N with tert-alkyl or cyclic N) is 1. The maximum atomic E-state index is 13.9. The Balaban J connectivity index is 1.63. The minimum atomic E-state index is -4.19. The van der Waals surface area contributed by atoms with Gasteiger partial charge in [-0.2, -0.15) is 4.31 Å². The lowest BCUT2D eigenvalue weighted by Crippen LogP contribution is -2.53. The number of sulfonamides is 1. The van der Waals surface area contributed by atoms with E-state index in [-0.39, 0.29) is 61.3 Å². The molecule has 0 bridgehead atoms. The van der Waals surface area contributed by atoms with Gasteiger partial charge in [-0.25, -0.2) is 8.42 Å². The van der Waals surface area contributed by atoms with Crippen molar-refractivity contribution in [2.45, 2.75) is 33.0 Å². The van der Waals surface area contributed by atoms with E-state index in [1.165, 1.54) is 6.07 Å². The molecule has 0 unspecified atom stereocenters. The molecule has 0 aromatic heterocycles. The molecule has 16 heteroatoms. The summed E-state index contributed by atoms with van der Waals surface area (Å²) < 4.78 is 28.1. The zero-order valence-corrected chi connectivity index (χ0v) is 23.8. The second kappa shape index (κ2) is 8.53. The van der Waals surface area contributed by atoms with E-state index in [4.69, 9.17) is 5.73 Å². The number of nitrogens with two attached hydrogens (primary N) is 1. The number of hydrogen-bond acceptors (Lipinski definition) is 10. The van der Waals surface area contributed by atoms with Crippen LogP contribution in [-0.4, -0.2) is 91.1 Å². The smallest absolute Gasteiger partial charge is 0.243 e. The molecule has 13 nitrogen and oxygen atoms in total. The molecule has 218 valence electrons. The highest BCUT2D eigenvalue weighted by Gasteiger charge is 2.54. The van der Waals surface area contributed by atoms with Crippen LogP contribution in [0.4, 0.5) is 5.69 Å². The summed E-state index contributed by atoms with van der Waals surface area (Å²) in [5.41, 5.74) is 6.70. The van der Waals surface area contributed by atoms with E-state index in [9.17, 15) is 44.0 Å². The van der Waals surface area contributed by atoms with Gasteiger partial charge in [-0.3, -0.25) is 20.2 Å². The van der Waals surface area contributed by atoms with Crippen LogP contribution in [0.15, 0.2) is 51.1 Å². The molecule has 0 aliphatic carbocycles. The van der Waals surface area contributed by atoms with Crippen LogP contribution in [0.5, 0.6) is 0 Å². The van der Waals surface area contributed by atoms with Crippen molar-refractivity contribution < 1.29 is 32.4 Å². The third kappa shape index (κ3) is 3.43. The van der Waals surface area contributed by atoms with Gasteiger partial charge in [0.25, 0.3) is 0 Å². The first-order valence-corrected chi connectivity index (χ1v) is 18.0. The maximum absolute atomic E-state index is 13.9. The fraction of sp³-hybridized carbons (Fsp3) is 0.360. The fourth-order valence-electron chi connectivity index (χ4n) is 6.46. The lowest BCUT2D eigenvalue weighted by molar-refractivity contribution is -0.301. The zero-order valence-electron chi connectivity index (χ0n) is 21.4. The molecule has 5 N–H and O–H groups in total. The lowest BCUT2D eigenvalue weighted by Gasteiger charge is -2.43. The van der Waals surface area contributed by atoms with E-state index in [2.05, 4.69) is 0 Å². The fourth-order valence-corrected chi connectivity index (χ4v) is 14.0. The number of nitrogens with zero attached hydrogens (tertiary/aromatic N) is 3. The minimum absolute atomic E-state index is 0.0297. The molecule has 3 fully saturated rings. The largest absolute Gasteiger partial charge is 0.398 e. The Bertz CT molecular complexity index is 1920. The van der Waals surface area contributed by atoms with Gasteiger partial charge in [0.05, 0.1) is 85.1 Å². The first-order valence-electron chi connectivity index (χ1n) is 12.7. The number of hydrogen-bond donors (Lipinski definition) is 4. The van der Waals surface area contributed by atoms with Crippen molar-refractivity contribution >= 4 is 68.5 Å². The summed E-state index contributed by atoms with van der Waals surface area (Å²) in [6.45, 7) is -0.223. The van der Waals surface area contributed by atoms with Crippen molar-refractivity contribution in [2.75, 3.05) is 41.8 Å². The molecule has 0 spiro atoms. The number of nitrogen functional groups attached to an aromatic ring is 1. The van der Waals surface area contributed by atoms with Gasteiger partial charge < -0.3 is 21.1 Å². The monoisotopic (exact) mass is 622 g/mol. The Hall–Kier alpha value is -2.99. The molecule has 4 aromatic rings. The van der Waals surface area contributed by atoms with Gasteiger partial charge in [0.15, 0.2) is 0 Å². The highest BCUT2D eigenvalue weighted by Crippen LogP contribution is 2.68. The predicted molar refractivity (Wildman–Crippen MR) is 157 cm³/mol. The van der Waals surface area contributed by atoms with Crippen LogP contribution in [0, 0.1) is 20.2 Å². The summed E-state index contributed by atoms with van der Waals surface area (Å²) in [6, 6.07) is 9.49. The number of anilines is 1. The van der Waals surface area contributed by atoms with E-state index in [0.717, 1.165) is 4.31 Å². The Morgan fingerprint density at radius 2 is 1.20 bits per heavy atom. The SMILES string of the molecule is Nc1cc(S2([N+](=O)[O-])CC(O)C2)c2ccc3c(S4([N+](=O)[O-])CC(O)C4)cc(S(=O)(=O)N4CC(O)C4)c4ccc1c2c34. The summed E-state index contributed by atoms with van der Waals surface area (Å²) in [5.74, 6) is -0.298. The predicted octanol–water partition coefficient (Wildman–Crippen LogP) is 1.99. The molecule has 3 aliphatic rings. The number of nitro groups is 2. The molecule has 3 saturated heterocycles. The van der Waals surface area contributed by atoms with Crippen LogP contribution in [-0.2, 0) is 10.0 Å². The van der Waals surface area contributed by atoms with E-state index >= 15 is 0 Å². The first kappa shape index (κ1) is 26.9. The van der Waals surface area contributed by atoms with Gasteiger partial charge in [0.2, 0.25) is 10.0 Å². The van der Waals surface area contributed by atoms with E-state index in [1.54, 1.807) is 30.3 Å². The third-order valence-electron chi connectivity index (χ3n) is 8.53. The third-order valence-corrected chi connectivity index (χ3v) is 17.6. The summed E-state index contributed by atoms with van der Waals surface area (Å²) in [5, 5.41) is 57.6. The van der Waals surface area contributed by atoms with Crippen molar-refractivity contribution in [1.29, 1.82) is 0 Å². The molecule has 41 heavy (non-hydrogen) atoms. The molecule has 0 amide bonds. The van der Waals surface area contributed by atoms with Crippen molar-refractivity contribution in [1.82, 2.24) is 4.31 Å². The minimum Gasteiger partial charge on any atom is -0.398 e. The van der Waals surface area contributed by atoms with Crippen LogP contribution < -0.4 is 5.73 Å². The van der Waals surface area contributed by atoms with Crippen molar-refractivity contribution in [2.24, 2.45) is 0 Å². The average Bonchev–Trinajstić information content (AvgIpc) is 2.86. The Kier molecular flexibility index (Phi) is 5.59. The van der Waals surface area contributed by atoms with Crippen molar-refractivity contribution in [3.8, 4) is 0 Å². The van der Waals surface area contributed by atoms with Crippen LogP contribution >= 0.6 is 20.4 Å². The van der Waals surface area contributed by atoms with Crippen LogP contribution in [0.25, 0.3) is 32.3 Å². The van der Waals surface area contributed by atoms with Gasteiger partial charge in [0.1, 0.15) is 0 Å². The highest BCUT2D eigenvalue weighted by molar-refractivity contribution is 8.30. The normalized spacial score (nSPS) is 32.1. The molecule has 0 atom stereocenters.